The normalized spacial score (nSPS) is 15.5. The van der Waals surface area contributed by atoms with Gasteiger partial charge in [-0.05, 0) is 34.8 Å². The van der Waals surface area contributed by atoms with E-state index in [9.17, 15) is 14.9 Å². The van der Waals surface area contributed by atoms with Crippen LogP contribution in [-0.4, -0.2) is 29.0 Å². The second-order valence-corrected chi connectivity index (χ2v) is 4.64. The third-order valence-corrected chi connectivity index (χ3v) is 3.47. The van der Waals surface area contributed by atoms with E-state index in [4.69, 9.17) is 4.84 Å². The molecule has 0 atom stereocenters. The largest absolute Gasteiger partial charge is 0.284 e. The first-order valence-electron chi connectivity index (χ1n) is 5.49. The van der Waals surface area contributed by atoms with Gasteiger partial charge >= 0.3 is 0 Å². The maximum absolute atomic E-state index is 12.1. The monoisotopic (exact) mass is 314 g/mol. The maximum atomic E-state index is 12.1. The average Bonchev–Trinajstić information content (AvgIpc) is 2.39. The van der Waals surface area contributed by atoms with Gasteiger partial charge in [-0.1, -0.05) is 6.07 Å². The van der Waals surface area contributed by atoms with Crippen molar-refractivity contribution in [2.45, 2.75) is 12.8 Å². The van der Waals surface area contributed by atoms with Gasteiger partial charge in [0.1, 0.15) is 4.47 Å². The van der Waals surface area contributed by atoms with E-state index in [1.807, 2.05) is 0 Å². The van der Waals surface area contributed by atoms with Crippen LogP contribution in [0, 0.1) is 10.1 Å². The highest BCUT2D eigenvalue weighted by molar-refractivity contribution is 9.10. The molecular weight excluding hydrogens is 304 g/mol. The van der Waals surface area contributed by atoms with Gasteiger partial charge < -0.3 is 0 Å². The molecule has 2 rings (SSSR count). The Labute approximate surface area is 112 Å². The fourth-order valence-electron chi connectivity index (χ4n) is 1.72. The molecule has 1 fully saturated rings. The van der Waals surface area contributed by atoms with Crippen LogP contribution in [0.5, 0.6) is 0 Å². The highest BCUT2D eigenvalue weighted by Crippen LogP contribution is 2.29. The van der Waals surface area contributed by atoms with Crippen molar-refractivity contribution >= 4 is 27.5 Å². The molecule has 0 saturated carbocycles. The zero-order valence-electron chi connectivity index (χ0n) is 9.47. The Balaban J connectivity index is 2.30. The van der Waals surface area contributed by atoms with E-state index in [0.29, 0.717) is 13.2 Å². The molecule has 1 saturated heterocycles. The van der Waals surface area contributed by atoms with Crippen molar-refractivity contribution in [2.75, 3.05) is 13.2 Å². The smallest absolute Gasteiger partial charge is 0.271 e. The lowest BCUT2D eigenvalue weighted by Gasteiger charge is -2.26. The van der Waals surface area contributed by atoms with Gasteiger partial charge in [0.05, 0.1) is 17.1 Å². The first-order chi connectivity index (χ1) is 8.61. The van der Waals surface area contributed by atoms with Crippen LogP contribution in [0.15, 0.2) is 22.7 Å². The molecule has 1 amide bonds. The maximum Gasteiger partial charge on any atom is 0.284 e. The number of nitrogens with zero attached hydrogens (tertiary/aromatic N) is 2. The molecule has 0 unspecified atom stereocenters. The van der Waals surface area contributed by atoms with Gasteiger partial charge in [-0.2, -0.15) is 0 Å². The Bertz CT molecular complexity index is 486. The summed E-state index contributed by atoms with van der Waals surface area (Å²) < 4.78 is 0.189. The van der Waals surface area contributed by atoms with Gasteiger partial charge in [-0.15, -0.1) is 0 Å². The van der Waals surface area contributed by atoms with Crippen LogP contribution in [0.25, 0.3) is 0 Å². The van der Waals surface area contributed by atoms with Crippen molar-refractivity contribution in [1.29, 1.82) is 0 Å². The zero-order valence-corrected chi connectivity index (χ0v) is 11.1. The molecule has 0 radical (unpaired) electrons. The molecule has 96 valence electrons. The molecule has 6 nitrogen and oxygen atoms in total. The molecule has 0 spiro atoms. The number of amides is 1. The average molecular weight is 315 g/mol. The van der Waals surface area contributed by atoms with Gasteiger partial charge in [0.25, 0.3) is 11.6 Å². The van der Waals surface area contributed by atoms with Gasteiger partial charge in [0.2, 0.25) is 0 Å². The zero-order chi connectivity index (χ0) is 13.1. The van der Waals surface area contributed by atoms with Crippen LogP contribution in [0.2, 0.25) is 0 Å². The van der Waals surface area contributed by atoms with Crippen molar-refractivity contribution in [2.24, 2.45) is 0 Å². The van der Waals surface area contributed by atoms with Crippen LogP contribution in [0.3, 0.4) is 0 Å². The standard InChI is InChI=1S/C11H11BrN2O4/c12-10-8(4-3-5-9(10)14(16)17)11(15)13-6-1-2-7-18-13/h3-5H,1-2,6-7H2. The fourth-order valence-corrected chi connectivity index (χ4v) is 2.30. The lowest BCUT2D eigenvalue weighted by atomic mass is 10.2. The fraction of sp³-hybridized carbons (Fsp3) is 0.364. The Morgan fingerprint density at radius 1 is 1.44 bits per heavy atom. The van der Waals surface area contributed by atoms with Gasteiger partial charge in [-0.25, -0.2) is 5.06 Å². The third kappa shape index (κ3) is 2.51. The van der Waals surface area contributed by atoms with E-state index in [1.54, 1.807) is 0 Å². The van der Waals surface area contributed by atoms with E-state index in [0.717, 1.165) is 12.8 Å². The SMILES string of the molecule is O=C(c1cccc([N+](=O)[O-])c1Br)N1CCCCO1. The molecule has 7 heteroatoms. The predicted octanol–water partition coefficient (Wildman–Crippen LogP) is 2.52. The van der Waals surface area contributed by atoms with E-state index in [-0.39, 0.29) is 21.6 Å². The van der Waals surface area contributed by atoms with Gasteiger partial charge in [-0.3, -0.25) is 19.7 Å². The minimum atomic E-state index is -0.530. The summed E-state index contributed by atoms with van der Waals surface area (Å²) in [5.74, 6) is -0.356. The van der Waals surface area contributed by atoms with Crippen molar-refractivity contribution in [3.63, 3.8) is 0 Å². The molecule has 0 aromatic heterocycles. The molecule has 0 bridgehead atoms. The minimum absolute atomic E-state index is 0.127. The lowest BCUT2D eigenvalue weighted by Crippen LogP contribution is -2.35. The van der Waals surface area contributed by atoms with E-state index in [2.05, 4.69) is 15.9 Å². The summed E-state index contributed by atoms with van der Waals surface area (Å²) in [7, 11) is 0. The van der Waals surface area contributed by atoms with Crippen molar-refractivity contribution in [3.05, 3.63) is 38.3 Å². The topological polar surface area (TPSA) is 72.7 Å². The highest BCUT2D eigenvalue weighted by atomic mass is 79.9. The second-order valence-electron chi connectivity index (χ2n) is 3.84. The summed E-state index contributed by atoms with van der Waals surface area (Å²) in [5, 5.41) is 12.0. The molecule has 1 aromatic carbocycles. The summed E-state index contributed by atoms with van der Waals surface area (Å²) >= 11 is 3.10. The number of benzene rings is 1. The first kappa shape index (κ1) is 13.0. The number of hydroxylamine groups is 2. The van der Waals surface area contributed by atoms with E-state index >= 15 is 0 Å². The molecule has 1 heterocycles. The highest BCUT2D eigenvalue weighted by Gasteiger charge is 2.25. The summed E-state index contributed by atoms with van der Waals surface area (Å²) in [6, 6.07) is 4.37. The first-order valence-corrected chi connectivity index (χ1v) is 6.28. The molecule has 1 aliphatic heterocycles. The molecule has 1 aromatic rings. The number of carbonyl (C=O) groups excluding carboxylic acids is 1. The van der Waals surface area contributed by atoms with Crippen LogP contribution in [-0.2, 0) is 4.84 Å². The number of nitro benzene ring substituents is 1. The number of halogens is 1. The predicted molar refractivity (Wildman–Crippen MR) is 67.0 cm³/mol. The number of hydrogen-bond donors (Lipinski definition) is 0. The summed E-state index contributed by atoms with van der Waals surface area (Å²) in [4.78, 5) is 27.6. The van der Waals surface area contributed by atoms with Crippen molar-refractivity contribution in [3.8, 4) is 0 Å². The van der Waals surface area contributed by atoms with Gasteiger partial charge in [0, 0.05) is 12.6 Å². The Morgan fingerprint density at radius 2 is 2.22 bits per heavy atom. The number of carbonyl (C=O) groups is 1. The Kier molecular flexibility index (Phi) is 3.93. The van der Waals surface area contributed by atoms with Crippen molar-refractivity contribution < 1.29 is 14.6 Å². The molecule has 0 N–H and O–H groups in total. The number of hydrogen-bond acceptors (Lipinski definition) is 4. The van der Waals surface area contributed by atoms with E-state index < -0.39 is 4.92 Å². The summed E-state index contributed by atoms with van der Waals surface area (Å²) in [6.07, 6.45) is 1.79. The van der Waals surface area contributed by atoms with Crippen LogP contribution in [0.1, 0.15) is 23.2 Å². The summed E-state index contributed by atoms with van der Waals surface area (Å²) in [6.45, 7) is 1.01. The third-order valence-electron chi connectivity index (χ3n) is 2.63. The van der Waals surface area contributed by atoms with Crippen molar-refractivity contribution in [1.82, 2.24) is 5.06 Å². The van der Waals surface area contributed by atoms with Crippen LogP contribution in [0.4, 0.5) is 5.69 Å². The molecule has 0 aliphatic carbocycles. The summed E-state index contributed by atoms with van der Waals surface area (Å²) in [5.41, 5.74) is 0.115. The van der Waals surface area contributed by atoms with Gasteiger partial charge in [0.15, 0.2) is 0 Å². The number of nitro groups is 1. The number of rotatable bonds is 2. The van der Waals surface area contributed by atoms with E-state index in [1.165, 1.54) is 23.3 Å². The molecular formula is C11H11BrN2O4. The Hall–Kier alpha value is -1.47. The quantitative estimate of drug-likeness (QED) is 0.621. The van der Waals surface area contributed by atoms with Crippen LogP contribution >= 0.6 is 15.9 Å². The second kappa shape index (κ2) is 5.45. The molecule has 18 heavy (non-hydrogen) atoms. The molecule has 1 aliphatic rings. The lowest BCUT2D eigenvalue weighted by molar-refractivity contribution is -0.385. The Morgan fingerprint density at radius 3 is 2.83 bits per heavy atom. The minimum Gasteiger partial charge on any atom is -0.271 e. The van der Waals surface area contributed by atoms with Crippen LogP contribution < -0.4 is 0 Å².